The number of thiazole rings is 1. The van der Waals surface area contributed by atoms with Crippen molar-refractivity contribution in [2.24, 2.45) is 5.14 Å². The first-order chi connectivity index (χ1) is 15.0. The molecule has 10 heteroatoms. The molecule has 1 unspecified atom stereocenters. The van der Waals surface area contributed by atoms with Crippen molar-refractivity contribution in [1.82, 2.24) is 15.0 Å². The van der Waals surface area contributed by atoms with Crippen molar-refractivity contribution in [3.05, 3.63) is 59.9 Å². The van der Waals surface area contributed by atoms with E-state index in [9.17, 15) is 4.21 Å². The highest BCUT2D eigenvalue weighted by Gasteiger charge is 2.13. The third-order valence-corrected chi connectivity index (χ3v) is 6.97. The maximum atomic E-state index is 12.4. The van der Waals surface area contributed by atoms with Crippen molar-refractivity contribution < 1.29 is 13.7 Å². The van der Waals surface area contributed by atoms with Crippen LogP contribution in [0.25, 0.3) is 10.9 Å². The van der Waals surface area contributed by atoms with Gasteiger partial charge in [0, 0.05) is 27.9 Å². The van der Waals surface area contributed by atoms with Gasteiger partial charge in [-0.25, -0.2) is 19.2 Å². The van der Waals surface area contributed by atoms with Crippen molar-refractivity contribution in [1.29, 1.82) is 0 Å². The van der Waals surface area contributed by atoms with Gasteiger partial charge in [-0.2, -0.15) is 0 Å². The lowest BCUT2D eigenvalue weighted by molar-refractivity contribution is 0.285. The second-order valence-electron chi connectivity index (χ2n) is 6.52. The Morgan fingerprint density at radius 3 is 2.81 bits per heavy atom. The zero-order chi connectivity index (χ0) is 21.8. The van der Waals surface area contributed by atoms with E-state index in [4.69, 9.17) is 14.6 Å². The Morgan fingerprint density at radius 1 is 1.19 bits per heavy atom. The van der Waals surface area contributed by atoms with Crippen LogP contribution in [0.15, 0.2) is 59.2 Å². The topological polar surface area (TPSA) is 112 Å². The van der Waals surface area contributed by atoms with E-state index in [1.807, 2.05) is 23.6 Å². The number of nitrogens with two attached hydrogens (primary N) is 1. The second-order valence-corrected chi connectivity index (χ2v) is 9.66. The maximum absolute atomic E-state index is 12.4. The summed E-state index contributed by atoms with van der Waals surface area (Å²) in [6.07, 6.45) is 3.20. The molecule has 160 valence electrons. The third-order valence-electron chi connectivity index (χ3n) is 4.59. The van der Waals surface area contributed by atoms with Crippen molar-refractivity contribution in [3.8, 4) is 11.5 Å². The molecule has 4 aromatic rings. The first-order valence-electron chi connectivity index (χ1n) is 9.32. The molecule has 0 radical (unpaired) electrons. The number of hydrogen-bond acceptors (Lipinski definition) is 8. The summed E-state index contributed by atoms with van der Waals surface area (Å²) in [5, 5.41) is 14.0. The number of nitrogens with zero attached hydrogens (tertiary/aromatic N) is 3. The number of aromatic nitrogens is 3. The van der Waals surface area contributed by atoms with Crippen LogP contribution in [-0.2, 0) is 16.3 Å². The van der Waals surface area contributed by atoms with Crippen LogP contribution in [0.5, 0.6) is 11.5 Å². The fraction of sp³-hybridized carbons (Fsp3) is 0.143. The quantitative estimate of drug-likeness (QED) is 0.408. The minimum atomic E-state index is -2.66. The molecule has 2 aromatic carbocycles. The van der Waals surface area contributed by atoms with E-state index < -0.39 is 9.71 Å². The van der Waals surface area contributed by atoms with E-state index >= 15 is 0 Å². The standard InChI is InChI=1S/C21H21N5O3S2/c1-3-31(22,27)15-6-4-5-14(9-15)12-29-19-11-17-16(10-18(19)28-2)20(25-13-24-17)26-21-23-7-8-30-21/h3-11,13H,12H2,1-2H3,(H2,22,27)(H,23,24,25,26). The average molecular weight is 456 g/mol. The SMILES string of the molecule is CC=S(N)(=O)c1cccc(COc2cc3ncnc(Nc4nccs4)c3cc2OC)c1. The average Bonchev–Trinajstić information content (AvgIpc) is 3.30. The molecular formula is C21H21N5O3S2. The van der Waals surface area contributed by atoms with Crippen LogP contribution >= 0.6 is 11.3 Å². The van der Waals surface area contributed by atoms with Crippen LogP contribution in [0, 0.1) is 0 Å². The molecule has 4 rings (SSSR count). The van der Waals surface area contributed by atoms with Gasteiger partial charge >= 0.3 is 0 Å². The molecule has 0 saturated carbocycles. The summed E-state index contributed by atoms with van der Waals surface area (Å²) in [6, 6.07) is 10.9. The minimum Gasteiger partial charge on any atom is -0.493 e. The first-order valence-corrected chi connectivity index (χ1v) is 11.9. The number of benzene rings is 2. The molecule has 0 saturated heterocycles. The van der Waals surface area contributed by atoms with Crippen molar-refractivity contribution in [2.45, 2.75) is 18.4 Å². The lowest BCUT2D eigenvalue weighted by atomic mass is 10.2. The Balaban J connectivity index is 1.63. The number of anilines is 2. The number of ether oxygens (including phenoxy) is 2. The van der Waals surface area contributed by atoms with Crippen molar-refractivity contribution in [3.63, 3.8) is 0 Å². The predicted octanol–water partition coefficient (Wildman–Crippen LogP) is 3.76. The molecule has 0 bridgehead atoms. The summed E-state index contributed by atoms with van der Waals surface area (Å²) in [5.74, 6) is 1.71. The van der Waals surface area contributed by atoms with E-state index in [-0.39, 0.29) is 6.61 Å². The Bertz CT molecular complexity index is 1330. The fourth-order valence-electron chi connectivity index (χ4n) is 2.95. The van der Waals surface area contributed by atoms with Crippen molar-refractivity contribution in [2.75, 3.05) is 12.4 Å². The number of rotatable bonds is 7. The number of fused-ring (bicyclic) bond motifs is 1. The molecule has 3 N–H and O–H groups in total. The van der Waals surface area contributed by atoms with Gasteiger partial charge < -0.3 is 14.8 Å². The largest absolute Gasteiger partial charge is 0.493 e. The highest BCUT2D eigenvalue weighted by Crippen LogP contribution is 2.35. The van der Waals surface area contributed by atoms with E-state index in [0.29, 0.717) is 27.7 Å². The summed E-state index contributed by atoms with van der Waals surface area (Å²) >= 11 is 1.48. The monoisotopic (exact) mass is 455 g/mol. The summed E-state index contributed by atoms with van der Waals surface area (Å²) in [4.78, 5) is 13.5. The molecule has 0 fully saturated rings. The molecule has 1 atom stereocenters. The minimum absolute atomic E-state index is 0.254. The van der Waals surface area contributed by atoms with Crippen LogP contribution < -0.4 is 19.9 Å². The first kappa shape index (κ1) is 21.0. The van der Waals surface area contributed by atoms with Crippen LogP contribution in [0.1, 0.15) is 12.5 Å². The van der Waals surface area contributed by atoms with Crippen molar-refractivity contribution >= 4 is 48.3 Å². The Kier molecular flexibility index (Phi) is 6.03. The van der Waals surface area contributed by atoms with Gasteiger partial charge in [-0.1, -0.05) is 12.1 Å². The normalized spacial score (nSPS) is 12.9. The molecule has 0 aliphatic carbocycles. The molecule has 2 heterocycles. The summed E-state index contributed by atoms with van der Waals surface area (Å²) in [6.45, 7) is 1.94. The molecule has 31 heavy (non-hydrogen) atoms. The van der Waals surface area contributed by atoms with Crippen LogP contribution in [-0.4, -0.2) is 31.6 Å². The number of methoxy groups -OCH3 is 1. The molecule has 0 spiro atoms. The number of nitrogens with one attached hydrogen (secondary N) is 1. The Labute approximate surface area is 184 Å². The lowest BCUT2D eigenvalue weighted by Gasteiger charge is -2.14. The van der Waals surface area contributed by atoms with E-state index in [0.717, 1.165) is 16.1 Å². The lowest BCUT2D eigenvalue weighted by Crippen LogP contribution is -2.15. The molecule has 0 amide bonds. The molecular weight excluding hydrogens is 434 g/mol. The summed E-state index contributed by atoms with van der Waals surface area (Å²) < 4.78 is 24.0. The van der Waals surface area contributed by atoms with E-state index in [2.05, 4.69) is 20.3 Å². The highest BCUT2D eigenvalue weighted by atomic mass is 32.2. The maximum Gasteiger partial charge on any atom is 0.188 e. The van der Waals surface area contributed by atoms with Gasteiger partial charge in [0.1, 0.15) is 18.8 Å². The zero-order valence-electron chi connectivity index (χ0n) is 16.9. The van der Waals surface area contributed by atoms with Crippen LogP contribution in [0.3, 0.4) is 0 Å². The molecule has 8 nitrogen and oxygen atoms in total. The van der Waals surface area contributed by atoms with Gasteiger partial charge in [0.2, 0.25) is 0 Å². The zero-order valence-corrected chi connectivity index (χ0v) is 18.6. The van der Waals surface area contributed by atoms with E-state index in [1.54, 1.807) is 38.4 Å². The summed E-state index contributed by atoms with van der Waals surface area (Å²) in [7, 11) is -1.08. The van der Waals surface area contributed by atoms with Crippen LogP contribution in [0.4, 0.5) is 10.9 Å². The van der Waals surface area contributed by atoms with Gasteiger partial charge in [0.15, 0.2) is 16.6 Å². The van der Waals surface area contributed by atoms with Gasteiger partial charge in [-0.05, 0) is 36.1 Å². The van der Waals surface area contributed by atoms with E-state index in [1.165, 1.54) is 23.0 Å². The third kappa shape index (κ3) is 4.61. The van der Waals surface area contributed by atoms with Crippen LogP contribution in [0.2, 0.25) is 0 Å². The Hall–Kier alpha value is -3.21. The van der Waals surface area contributed by atoms with Gasteiger partial charge in [-0.3, -0.25) is 5.14 Å². The highest BCUT2D eigenvalue weighted by molar-refractivity contribution is 7.99. The summed E-state index contributed by atoms with van der Waals surface area (Å²) in [5.41, 5.74) is 1.54. The number of hydrogen-bond donors (Lipinski definition) is 2. The predicted molar refractivity (Wildman–Crippen MR) is 125 cm³/mol. The van der Waals surface area contributed by atoms with Gasteiger partial charge in [0.05, 0.1) is 22.3 Å². The molecule has 2 aromatic heterocycles. The second kappa shape index (κ2) is 8.88. The van der Waals surface area contributed by atoms with Gasteiger partial charge in [-0.15, -0.1) is 11.3 Å². The Morgan fingerprint density at radius 2 is 2.06 bits per heavy atom. The molecule has 0 aliphatic rings. The van der Waals surface area contributed by atoms with Gasteiger partial charge in [0.25, 0.3) is 0 Å². The smallest absolute Gasteiger partial charge is 0.188 e. The fourth-order valence-corrected chi connectivity index (χ4v) is 4.38. The molecule has 0 aliphatic heterocycles.